The quantitative estimate of drug-likeness (QED) is 0.338. The molecule has 1 heterocycles. The number of carbonyl (C=O) groups excluding carboxylic acids is 2. The van der Waals surface area contributed by atoms with Gasteiger partial charge in [-0.1, -0.05) is 39.0 Å². The van der Waals surface area contributed by atoms with Crippen LogP contribution in [-0.2, 0) is 19.6 Å². The highest BCUT2D eigenvalue weighted by atomic mass is 32.2. The molecule has 42 heavy (non-hydrogen) atoms. The van der Waals surface area contributed by atoms with E-state index in [1.807, 2.05) is 32.9 Å². The minimum atomic E-state index is -4.21. The van der Waals surface area contributed by atoms with Crippen molar-refractivity contribution in [3.8, 4) is 0 Å². The molecule has 1 fully saturated rings. The Hall–Kier alpha value is -3.64. The Bertz CT molecular complexity index is 1360. The molecule has 1 aliphatic heterocycles. The topological polar surface area (TPSA) is 154 Å². The van der Waals surface area contributed by atoms with Gasteiger partial charge in [-0.3, -0.25) is 9.59 Å². The maximum absolute atomic E-state index is 13.1. The molecule has 3 rings (SSSR count). The fraction of sp³-hybridized carbons (Fsp3) is 0.500. The summed E-state index contributed by atoms with van der Waals surface area (Å²) in [6, 6.07) is 14.4. The van der Waals surface area contributed by atoms with E-state index in [2.05, 4.69) is 20.3 Å². The maximum atomic E-state index is 13.1. The number of alkyl carbamates (subject to hydrolysis) is 1. The SMILES string of the molecule is CC(C)(C)OC(=O)NC1CCN(c2ccc(C(=O)NC[C@@](NS(=O)(=O)c3ccccc3)(C(=O)O)C(C)(C)C)cc2)CC1. The first kappa shape index (κ1) is 32.9. The number of piperidine rings is 1. The Morgan fingerprint density at radius 2 is 1.50 bits per heavy atom. The van der Waals surface area contributed by atoms with Gasteiger partial charge in [-0.05, 0) is 75.4 Å². The highest BCUT2D eigenvalue weighted by Crippen LogP contribution is 2.32. The Morgan fingerprint density at radius 3 is 2.00 bits per heavy atom. The Labute approximate surface area is 248 Å². The van der Waals surface area contributed by atoms with Crippen LogP contribution in [0.1, 0.15) is 64.7 Å². The van der Waals surface area contributed by atoms with Crippen LogP contribution in [-0.4, -0.2) is 68.3 Å². The lowest BCUT2D eigenvalue weighted by molar-refractivity contribution is -0.148. The number of carbonyl (C=O) groups is 3. The molecule has 12 heteroatoms. The van der Waals surface area contributed by atoms with E-state index in [9.17, 15) is 27.9 Å². The summed E-state index contributed by atoms with van der Waals surface area (Å²) in [5.41, 5.74) is -2.49. The van der Waals surface area contributed by atoms with Gasteiger partial charge in [0.2, 0.25) is 10.0 Å². The average molecular weight is 603 g/mol. The van der Waals surface area contributed by atoms with Gasteiger partial charge in [0.15, 0.2) is 5.54 Å². The zero-order valence-corrected chi connectivity index (χ0v) is 25.9. The monoisotopic (exact) mass is 602 g/mol. The summed E-state index contributed by atoms with van der Waals surface area (Å²) in [5, 5.41) is 15.8. The van der Waals surface area contributed by atoms with Crippen molar-refractivity contribution in [2.45, 2.75) is 76.5 Å². The van der Waals surface area contributed by atoms with Crippen LogP contribution < -0.4 is 20.3 Å². The predicted molar refractivity (Wildman–Crippen MR) is 160 cm³/mol. The predicted octanol–water partition coefficient (Wildman–Crippen LogP) is 3.76. The Balaban J connectivity index is 1.65. The number of nitrogens with zero attached hydrogens (tertiary/aromatic N) is 1. The smallest absolute Gasteiger partial charge is 0.407 e. The minimum absolute atomic E-state index is 0.0118. The van der Waals surface area contributed by atoms with Crippen LogP contribution in [0.25, 0.3) is 0 Å². The lowest BCUT2D eigenvalue weighted by Crippen LogP contribution is -2.67. The number of amides is 2. The van der Waals surface area contributed by atoms with Gasteiger partial charge in [-0.2, -0.15) is 4.72 Å². The summed E-state index contributed by atoms with van der Waals surface area (Å²) in [6.45, 7) is 11.2. The van der Waals surface area contributed by atoms with Crippen molar-refractivity contribution in [3.05, 3.63) is 60.2 Å². The van der Waals surface area contributed by atoms with Gasteiger partial charge in [-0.25, -0.2) is 13.2 Å². The van der Waals surface area contributed by atoms with E-state index < -0.39 is 51.1 Å². The van der Waals surface area contributed by atoms with Crippen LogP contribution in [0.2, 0.25) is 0 Å². The molecule has 0 bridgehead atoms. The second-order valence-electron chi connectivity index (χ2n) is 12.5. The van der Waals surface area contributed by atoms with Crippen molar-refractivity contribution in [2.24, 2.45) is 5.41 Å². The van der Waals surface area contributed by atoms with Crippen LogP contribution in [0.4, 0.5) is 10.5 Å². The molecule has 0 saturated carbocycles. The Kier molecular flexibility index (Phi) is 9.94. The zero-order valence-electron chi connectivity index (χ0n) is 25.1. The number of rotatable bonds is 9. The van der Waals surface area contributed by atoms with E-state index in [4.69, 9.17) is 4.74 Å². The lowest BCUT2D eigenvalue weighted by Gasteiger charge is -2.41. The Morgan fingerprint density at radius 1 is 0.929 bits per heavy atom. The van der Waals surface area contributed by atoms with Gasteiger partial charge in [0.25, 0.3) is 5.91 Å². The van der Waals surface area contributed by atoms with Crippen LogP contribution >= 0.6 is 0 Å². The molecule has 0 aromatic heterocycles. The van der Waals surface area contributed by atoms with Crippen molar-refractivity contribution in [2.75, 3.05) is 24.5 Å². The van der Waals surface area contributed by atoms with Crippen LogP contribution in [0.3, 0.4) is 0 Å². The van der Waals surface area contributed by atoms with Gasteiger partial charge < -0.3 is 25.4 Å². The van der Waals surface area contributed by atoms with Crippen molar-refractivity contribution in [1.29, 1.82) is 0 Å². The summed E-state index contributed by atoms with van der Waals surface area (Å²) in [7, 11) is -4.21. The molecule has 2 aromatic carbocycles. The van der Waals surface area contributed by atoms with E-state index in [0.717, 1.165) is 18.5 Å². The minimum Gasteiger partial charge on any atom is -0.480 e. The summed E-state index contributed by atoms with van der Waals surface area (Å²) >= 11 is 0. The first-order valence-corrected chi connectivity index (χ1v) is 15.4. The van der Waals surface area contributed by atoms with Crippen LogP contribution in [0, 0.1) is 5.41 Å². The fourth-order valence-electron chi connectivity index (χ4n) is 4.68. The molecule has 0 unspecified atom stereocenters. The molecule has 4 N–H and O–H groups in total. The summed E-state index contributed by atoms with van der Waals surface area (Å²) < 4.78 is 33.9. The molecule has 0 spiro atoms. The molecule has 0 radical (unpaired) electrons. The van der Waals surface area contributed by atoms with E-state index in [-0.39, 0.29) is 10.9 Å². The van der Waals surface area contributed by atoms with Crippen molar-refractivity contribution < 1.29 is 32.6 Å². The van der Waals surface area contributed by atoms with E-state index in [1.54, 1.807) is 51.1 Å². The number of carboxylic acids is 1. The molecule has 11 nitrogen and oxygen atoms in total. The number of hydrogen-bond donors (Lipinski definition) is 4. The van der Waals surface area contributed by atoms with Gasteiger partial charge in [-0.15, -0.1) is 0 Å². The second kappa shape index (κ2) is 12.7. The third-order valence-corrected chi connectivity index (χ3v) is 8.74. The van der Waals surface area contributed by atoms with E-state index >= 15 is 0 Å². The van der Waals surface area contributed by atoms with Gasteiger partial charge >= 0.3 is 12.1 Å². The number of carboxylic acid groups (broad SMARTS) is 1. The molecule has 230 valence electrons. The van der Waals surface area contributed by atoms with Crippen LogP contribution in [0.5, 0.6) is 0 Å². The third kappa shape index (κ3) is 8.22. The number of ether oxygens (including phenoxy) is 1. The van der Waals surface area contributed by atoms with E-state index in [1.165, 1.54) is 12.1 Å². The maximum Gasteiger partial charge on any atom is 0.407 e. The number of nitrogens with one attached hydrogen (secondary N) is 3. The van der Waals surface area contributed by atoms with Crippen LogP contribution in [0.15, 0.2) is 59.5 Å². The standard InChI is InChI=1S/C30H42N4O7S/c1-28(2,3)30(26(36)37,33-42(39,40)24-10-8-7-9-11-24)20-31-25(35)21-12-14-23(15-13-21)34-18-16-22(17-19-34)32-27(38)41-29(4,5)6/h7-15,22,33H,16-20H2,1-6H3,(H,31,35)(H,32,38)(H,36,37)/t30-/m1/s1. The molecule has 1 saturated heterocycles. The highest BCUT2D eigenvalue weighted by molar-refractivity contribution is 7.89. The second-order valence-corrected chi connectivity index (χ2v) is 14.2. The molecule has 2 aromatic rings. The summed E-state index contributed by atoms with van der Waals surface area (Å²) in [6.07, 6.45) is 1.05. The first-order chi connectivity index (χ1) is 19.4. The third-order valence-electron chi connectivity index (χ3n) is 7.23. The molecule has 1 atom stereocenters. The molecule has 2 amide bonds. The van der Waals surface area contributed by atoms with E-state index in [0.29, 0.717) is 18.7 Å². The number of sulfonamides is 1. The lowest BCUT2D eigenvalue weighted by atomic mass is 9.74. The fourth-order valence-corrected chi connectivity index (χ4v) is 6.23. The largest absolute Gasteiger partial charge is 0.480 e. The highest BCUT2D eigenvalue weighted by Gasteiger charge is 2.52. The van der Waals surface area contributed by atoms with Crippen molar-refractivity contribution in [1.82, 2.24) is 15.4 Å². The number of hydrogen-bond acceptors (Lipinski definition) is 7. The van der Waals surface area contributed by atoms with Gasteiger partial charge in [0.1, 0.15) is 5.60 Å². The van der Waals surface area contributed by atoms with Gasteiger partial charge in [0, 0.05) is 36.9 Å². The average Bonchev–Trinajstić information content (AvgIpc) is 2.90. The molecule has 1 aliphatic rings. The van der Waals surface area contributed by atoms with Gasteiger partial charge in [0.05, 0.1) is 4.90 Å². The summed E-state index contributed by atoms with van der Waals surface area (Å²) in [4.78, 5) is 39.8. The van der Waals surface area contributed by atoms with Crippen molar-refractivity contribution >= 4 is 33.7 Å². The molecular weight excluding hydrogens is 560 g/mol. The first-order valence-electron chi connectivity index (χ1n) is 13.9. The number of anilines is 1. The van der Waals surface area contributed by atoms with Crippen molar-refractivity contribution in [3.63, 3.8) is 0 Å². The summed E-state index contributed by atoms with van der Waals surface area (Å²) in [5.74, 6) is -1.94. The molecular formula is C30H42N4O7S. The zero-order chi connectivity index (χ0) is 31.3. The molecule has 0 aliphatic carbocycles. The normalized spacial score (nSPS) is 16.3. The number of aliphatic carboxylic acids is 1. The number of benzene rings is 2.